The first-order valence-electron chi connectivity index (χ1n) is 9.55. The molecular weight excluding hydrogens is 446 g/mol. The number of benzene rings is 2. The van der Waals surface area contributed by atoms with E-state index in [0.29, 0.717) is 5.69 Å². The monoisotopic (exact) mass is 461 g/mol. The predicted octanol–water partition coefficient (Wildman–Crippen LogP) is 2.74. The smallest absolute Gasteiger partial charge is 0.294 e. The number of carbonyl (C=O) groups is 1. The fourth-order valence-corrected chi connectivity index (χ4v) is 3.85. The van der Waals surface area contributed by atoms with Crippen molar-refractivity contribution in [2.75, 3.05) is 11.1 Å². The van der Waals surface area contributed by atoms with E-state index >= 15 is 0 Å². The molecule has 1 amide bonds. The Hall–Kier alpha value is -4.50. The van der Waals surface area contributed by atoms with Gasteiger partial charge >= 0.3 is 0 Å². The number of nitro benzene ring substituents is 1. The molecule has 0 unspecified atom stereocenters. The quantitative estimate of drug-likeness (QED) is 0.251. The van der Waals surface area contributed by atoms with Crippen LogP contribution >= 0.6 is 11.8 Å². The number of amides is 1. The number of nitrogens with one attached hydrogen (secondary N) is 1. The molecule has 4 rings (SSSR count). The minimum absolute atomic E-state index is 0.119. The van der Waals surface area contributed by atoms with Crippen molar-refractivity contribution in [3.8, 4) is 11.8 Å². The van der Waals surface area contributed by atoms with Gasteiger partial charge in [-0.05, 0) is 18.2 Å². The molecule has 0 aliphatic carbocycles. The van der Waals surface area contributed by atoms with E-state index in [1.54, 1.807) is 30.3 Å². The molecule has 2 heterocycles. The van der Waals surface area contributed by atoms with Crippen LogP contribution in [0, 0.1) is 21.4 Å². The Morgan fingerprint density at radius 1 is 1.21 bits per heavy atom. The summed E-state index contributed by atoms with van der Waals surface area (Å²) in [5.41, 5.74) is 0.164. The van der Waals surface area contributed by atoms with E-state index in [0.717, 1.165) is 9.46 Å². The lowest BCUT2D eigenvalue weighted by Crippen LogP contribution is -2.28. The van der Waals surface area contributed by atoms with E-state index in [4.69, 9.17) is 5.26 Å². The van der Waals surface area contributed by atoms with Crippen LogP contribution in [-0.4, -0.2) is 35.9 Å². The Labute approximate surface area is 190 Å². The fourth-order valence-electron chi connectivity index (χ4n) is 3.19. The van der Waals surface area contributed by atoms with Gasteiger partial charge in [0.05, 0.1) is 28.6 Å². The average molecular weight is 461 g/mol. The Balaban J connectivity index is 1.61. The van der Waals surface area contributed by atoms with Crippen molar-refractivity contribution in [2.24, 2.45) is 0 Å². The molecule has 0 radical (unpaired) electrons. The van der Waals surface area contributed by atoms with Crippen LogP contribution in [0.2, 0.25) is 0 Å². The summed E-state index contributed by atoms with van der Waals surface area (Å²) in [7, 11) is 0. The van der Waals surface area contributed by atoms with Crippen molar-refractivity contribution in [1.29, 1.82) is 5.26 Å². The maximum atomic E-state index is 12.9. The van der Waals surface area contributed by atoms with Crippen molar-refractivity contribution in [3.63, 3.8) is 0 Å². The summed E-state index contributed by atoms with van der Waals surface area (Å²) in [5.74, 6) is -0.217. The van der Waals surface area contributed by atoms with Gasteiger partial charge in [0.25, 0.3) is 11.2 Å². The molecule has 164 valence electrons. The highest BCUT2D eigenvalue weighted by Crippen LogP contribution is 2.27. The number of nitriles is 1. The number of thioether (sulfide) groups is 1. The molecule has 0 saturated carbocycles. The van der Waals surface area contributed by atoms with Gasteiger partial charge in [0, 0.05) is 11.0 Å². The second-order valence-corrected chi connectivity index (χ2v) is 7.73. The zero-order valence-corrected chi connectivity index (χ0v) is 17.7. The molecule has 2 aromatic carbocycles. The molecule has 0 bridgehead atoms. The summed E-state index contributed by atoms with van der Waals surface area (Å²) in [4.78, 5) is 41.2. The SMILES string of the molecule is N#CCSc1ccccc1NC(=O)Cn1cnc2c(cnn2-c2ccccc2[N+](=O)[O-])c1=O. The first-order valence-corrected chi connectivity index (χ1v) is 10.5. The molecule has 33 heavy (non-hydrogen) atoms. The van der Waals surface area contributed by atoms with Crippen molar-refractivity contribution < 1.29 is 9.72 Å². The second-order valence-electron chi connectivity index (χ2n) is 6.71. The fraction of sp³-hybridized carbons (Fsp3) is 0.0952. The van der Waals surface area contributed by atoms with Gasteiger partial charge < -0.3 is 5.32 Å². The molecule has 0 spiro atoms. The van der Waals surface area contributed by atoms with E-state index in [1.807, 2.05) is 6.07 Å². The summed E-state index contributed by atoms with van der Waals surface area (Å²) < 4.78 is 2.36. The van der Waals surface area contributed by atoms with Crippen molar-refractivity contribution in [1.82, 2.24) is 19.3 Å². The van der Waals surface area contributed by atoms with Crippen LogP contribution < -0.4 is 10.9 Å². The number of fused-ring (bicyclic) bond motifs is 1. The van der Waals surface area contributed by atoms with Crippen LogP contribution in [0.3, 0.4) is 0 Å². The maximum absolute atomic E-state index is 12.9. The summed E-state index contributed by atoms with van der Waals surface area (Å²) in [6.45, 7) is -0.296. The molecule has 2 aromatic heterocycles. The zero-order valence-electron chi connectivity index (χ0n) is 16.9. The van der Waals surface area contributed by atoms with Crippen molar-refractivity contribution in [2.45, 2.75) is 11.4 Å². The standard InChI is InChI=1S/C21H15N7O4S/c22-9-10-33-18-8-4-1-5-15(18)25-19(29)12-26-13-23-20-14(21(26)30)11-24-27(20)16-6-2-3-7-17(16)28(31)32/h1-8,11,13H,10,12H2,(H,25,29). The van der Waals surface area contributed by atoms with E-state index in [1.165, 1.54) is 47.2 Å². The first-order chi connectivity index (χ1) is 16.0. The lowest BCUT2D eigenvalue weighted by atomic mass is 10.2. The van der Waals surface area contributed by atoms with E-state index < -0.39 is 16.4 Å². The Bertz CT molecular complexity index is 1470. The van der Waals surface area contributed by atoms with E-state index in [-0.39, 0.29) is 34.7 Å². The van der Waals surface area contributed by atoms with Crippen LogP contribution in [0.15, 0.2) is 70.7 Å². The molecule has 1 N–H and O–H groups in total. The van der Waals surface area contributed by atoms with Crippen LogP contribution in [0.4, 0.5) is 11.4 Å². The highest BCUT2D eigenvalue weighted by molar-refractivity contribution is 7.99. The second kappa shape index (κ2) is 9.33. The average Bonchev–Trinajstić information content (AvgIpc) is 3.25. The topological polar surface area (TPSA) is 149 Å². The van der Waals surface area contributed by atoms with Gasteiger partial charge in [-0.2, -0.15) is 10.4 Å². The summed E-state index contributed by atoms with van der Waals surface area (Å²) in [6.07, 6.45) is 2.47. The van der Waals surface area contributed by atoms with Crippen molar-refractivity contribution in [3.05, 3.63) is 81.5 Å². The molecule has 0 aliphatic heterocycles. The number of hydrogen-bond donors (Lipinski definition) is 1. The number of carbonyl (C=O) groups excluding carboxylic acids is 1. The lowest BCUT2D eigenvalue weighted by molar-refractivity contribution is -0.384. The molecule has 0 fully saturated rings. The van der Waals surface area contributed by atoms with Gasteiger partial charge in [-0.15, -0.1) is 11.8 Å². The van der Waals surface area contributed by atoms with Gasteiger partial charge in [-0.1, -0.05) is 24.3 Å². The third-order valence-electron chi connectivity index (χ3n) is 4.63. The Morgan fingerprint density at radius 2 is 1.97 bits per heavy atom. The number of hydrogen-bond acceptors (Lipinski definition) is 8. The number of aromatic nitrogens is 4. The molecular formula is C21H15N7O4S. The van der Waals surface area contributed by atoms with E-state index in [9.17, 15) is 19.7 Å². The molecule has 0 saturated heterocycles. The molecule has 12 heteroatoms. The Morgan fingerprint density at radius 3 is 2.76 bits per heavy atom. The molecule has 0 atom stereocenters. The zero-order chi connectivity index (χ0) is 23.4. The van der Waals surface area contributed by atoms with Crippen LogP contribution in [0.25, 0.3) is 16.7 Å². The summed E-state index contributed by atoms with van der Waals surface area (Å²) >= 11 is 1.29. The minimum Gasteiger partial charge on any atom is -0.324 e. The van der Waals surface area contributed by atoms with Gasteiger partial charge in [-0.3, -0.25) is 24.3 Å². The number of nitrogens with zero attached hydrogens (tertiary/aromatic N) is 6. The molecule has 11 nitrogen and oxygen atoms in total. The highest BCUT2D eigenvalue weighted by atomic mass is 32.2. The van der Waals surface area contributed by atoms with Crippen LogP contribution in [0.5, 0.6) is 0 Å². The number of para-hydroxylation sites is 3. The summed E-state index contributed by atoms with van der Waals surface area (Å²) in [5, 5.41) is 27.1. The first kappa shape index (κ1) is 21.7. The molecule has 4 aromatic rings. The number of nitro groups is 1. The minimum atomic E-state index is -0.541. The number of rotatable bonds is 7. The van der Waals surface area contributed by atoms with Crippen LogP contribution in [-0.2, 0) is 11.3 Å². The van der Waals surface area contributed by atoms with Gasteiger partial charge in [0.2, 0.25) is 5.91 Å². The van der Waals surface area contributed by atoms with Crippen molar-refractivity contribution >= 4 is 40.1 Å². The van der Waals surface area contributed by atoms with Gasteiger partial charge in [0.15, 0.2) is 5.65 Å². The van der Waals surface area contributed by atoms with Crippen LogP contribution in [0.1, 0.15) is 0 Å². The third kappa shape index (κ3) is 4.43. The van der Waals surface area contributed by atoms with E-state index in [2.05, 4.69) is 15.4 Å². The van der Waals surface area contributed by atoms with Gasteiger partial charge in [0.1, 0.15) is 23.9 Å². The largest absolute Gasteiger partial charge is 0.324 e. The summed E-state index contributed by atoms with van der Waals surface area (Å²) in [6, 6.07) is 15.1. The predicted molar refractivity (Wildman–Crippen MR) is 121 cm³/mol. The highest BCUT2D eigenvalue weighted by Gasteiger charge is 2.19. The normalized spacial score (nSPS) is 10.6. The number of anilines is 1. The van der Waals surface area contributed by atoms with Gasteiger partial charge in [-0.25, -0.2) is 9.67 Å². The lowest BCUT2D eigenvalue weighted by Gasteiger charge is -2.10. The Kier molecular flexibility index (Phi) is 6.14. The third-order valence-corrected chi connectivity index (χ3v) is 5.57. The maximum Gasteiger partial charge on any atom is 0.294 e. The molecule has 0 aliphatic rings.